The zero-order valence-electron chi connectivity index (χ0n) is 18.3. The number of aliphatic imine (C=N–C) groups is 1. The van der Waals surface area contributed by atoms with E-state index in [-0.39, 0.29) is 32.1 Å². The lowest BCUT2D eigenvalue weighted by molar-refractivity contribution is -0.137. The standard InChI is InChI=1S/C22H23BrClN5O6/c23-16-7-12(24)6-15(20(16)34)17(9-19(32)33)29-18(31)10-27-21(35)11-4-13(8-14(30)5-11)28-22-25-2-1-3-26-22/h4-8,17,30,34H,1-3,9-10H2,(H,27,35)(H,29,31)(H,32,33)(H2,25,26,28)/t17-/m0/s1. The van der Waals surface area contributed by atoms with Crippen LogP contribution < -0.4 is 21.3 Å². The van der Waals surface area contributed by atoms with Gasteiger partial charge in [-0.25, -0.2) is 0 Å². The summed E-state index contributed by atoms with van der Waals surface area (Å²) in [5, 5.41) is 40.7. The fourth-order valence-electron chi connectivity index (χ4n) is 3.34. The minimum atomic E-state index is -1.22. The summed E-state index contributed by atoms with van der Waals surface area (Å²) < 4.78 is 0.237. The van der Waals surface area contributed by atoms with Crippen molar-refractivity contribution in [1.82, 2.24) is 16.0 Å². The summed E-state index contributed by atoms with van der Waals surface area (Å²) in [4.78, 5) is 40.7. The molecular weight excluding hydrogens is 546 g/mol. The summed E-state index contributed by atoms with van der Waals surface area (Å²) in [6.07, 6.45) is 0.377. The van der Waals surface area contributed by atoms with E-state index >= 15 is 0 Å². The van der Waals surface area contributed by atoms with Gasteiger partial charge in [0.2, 0.25) is 5.91 Å². The maximum Gasteiger partial charge on any atom is 0.305 e. The number of phenolic OH excluding ortho intramolecular Hbond substituents is 2. The Morgan fingerprint density at radius 1 is 1.17 bits per heavy atom. The Hall–Kier alpha value is -3.51. The number of aromatic hydroxyl groups is 2. The van der Waals surface area contributed by atoms with Crippen molar-refractivity contribution >= 4 is 57.0 Å². The van der Waals surface area contributed by atoms with E-state index in [9.17, 15) is 29.7 Å². The van der Waals surface area contributed by atoms with Crippen LogP contribution in [0.25, 0.3) is 0 Å². The van der Waals surface area contributed by atoms with Gasteiger partial charge in [-0.3, -0.25) is 19.4 Å². The lowest BCUT2D eigenvalue weighted by Crippen LogP contribution is -2.39. The molecule has 0 bridgehead atoms. The summed E-state index contributed by atoms with van der Waals surface area (Å²) in [6.45, 7) is 0.924. The monoisotopic (exact) mass is 567 g/mol. The Bertz CT molecular complexity index is 1180. The Labute approximate surface area is 213 Å². The number of hydrogen-bond acceptors (Lipinski definition) is 8. The van der Waals surface area contributed by atoms with Crippen LogP contribution in [0, 0.1) is 0 Å². The van der Waals surface area contributed by atoms with E-state index in [2.05, 4.69) is 42.2 Å². The minimum Gasteiger partial charge on any atom is -0.508 e. The third-order valence-electron chi connectivity index (χ3n) is 4.90. The highest BCUT2D eigenvalue weighted by molar-refractivity contribution is 9.10. The average Bonchev–Trinajstić information content (AvgIpc) is 2.79. The molecule has 0 radical (unpaired) electrons. The highest BCUT2D eigenvalue weighted by Gasteiger charge is 2.23. The van der Waals surface area contributed by atoms with Crippen LogP contribution in [-0.4, -0.2) is 58.7 Å². The molecule has 0 fully saturated rings. The van der Waals surface area contributed by atoms with Crippen molar-refractivity contribution in [1.29, 1.82) is 0 Å². The van der Waals surface area contributed by atoms with E-state index < -0.39 is 36.8 Å². The Balaban J connectivity index is 1.66. The van der Waals surface area contributed by atoms with Gasteiger partial charge in [-0.05, 0) is 46.6 Å². The number of hydrogen-bond donors (Lipinski definition) is 7. The molecule has 2 aromatic rings. The molecule has 0 saturated heterocycles. The highest BCUT2D eigenvalue weighted by Crippen LogP contribution is 2.36. The molecule has 3 rings (SSSR count). The second-order valence-corrected chi connectivity index (χ2v) is 8.92. The Morgan fingerprint density at radius 2 is 1.94 bits per heavy atom. The van der Waals surface area contributed by atoms with Crippen LogP contribution in [0.3, 0.4) is 0 Å². The molecule has 7 N–H and O–H groups in total. The van der Waals surface area contributed by atoms with Crippen molar-refractivity contribution in [2.75, 3.05) is 25.0 Å². The molecule has 0 aliphatic carbocycles. The van der Waals surface area contributed by atoms with Gasteiger partial charge in [0.05, 0.1) is 23.5 Å². The number of halogens is 2. The van der Waals surface area contributed by atoms with Crippen molar-refractivity contribution in [2.24, 2.45) is 4.99 Å². The largest absolute Gasteiger partial charge is 0.508 e. The first-order valence-corrected chi connectivity index (χ1v) is 11.7. The molecule has 35 heavy (non-hydrogen) atoms. The number of nitrogens with zero attached hydrogens (tertiary/aromatic N) is 1. The summed E-state index contributed by atoms with van der Waals surface area (Å²) in [7, 11) is 0. The van der Waals surface area contributed by atoms with Gasteiger partial charge in [0.25, 0.3) is 5.91 Å². The van der Waals surface area contributed by atoms with Crippen LogP contribution in [-0.2, 0) is 9.59 Å². The molecule has 0 spiro atoms. The summed E-state index contributed by atoms with van der Waals surface area (Å²) >= 11 is 9.13. The smallest absolute Gasteiger partial charge is 0.305 e. The van der Waals surface area contributed by atoms with Gasteiger partial charge < -0.3 is 36.6 Å². The maximum absolute atomic E-state index is 12.6. The SMILES string of the molecule is O=C(O)C[C@H](NC(=O)CNC(=O)c1cc(O)cc(NC2=NCCCN2)c1)c1cc(Cl)cc(Br)c1O. The van der Waals surface area contributed by atoms with Crippen molar-refractivity contribution in [2.45, 2.75) is 18.9 Å². The van der Waals surface area contributed by atoms with E-state index in [1.165, 1.54) is 30.3 Å². The van der Waals surface area contributed by atoms with Crippen molar-refractivity contribution in [3.8, 4) is 11.5 Å². The van der Waals surface area contributed by atoms with E-state index in [1.54, 1.807) is 0 Å². The minimum absolute atomic E-state index is 0.0928. The normalized spacial score (nSPS) is 13.7. The van der Waals surface area contributed by atoms with Crippen LogP contribution in [0.5, 0.6) is 11.5 Å². The highest BCUT2D eigenvalue weighted by atomic mass is 79.9. The Morgan fingerprint density at radius 3 is 2.63 bits per heavy atom. The molecule has 1 heterocycles. The van der Waals surface area contributed by atoms with Crippen molar-refractivity contribution < 1.29 is 29.7 Å². The first kappa shape index (κ1) is 26.1. The van der Waals surface area contributed by atoms with Crippen LogP contribution >= 0.6 is 27.5 Å². The van der Waals surface area contributed by atoms with Crippen LogP contribution in [0.1, 0.15) is 34.8 Å². The summed E-state index contributed by atoms with van der Waals surface area (Å²) in [6, 6.07) is 5.82. The molecule has 13 heteroatoms. The topological polar surface area (TPSA) is 172 Å². The third kappa shape index (κ3) is 7.49. The molecule has 186 valence electrons. The number of nitrogens with one attached hydrogen (secondary N) is 4. The van der Waals surface area contributed by atoms with Crippen LogP contribution in [0.15, 0.2) is 39.8 Å². The number of carbonyl (C=O) groups excluding carboxylic acids is 2. The first-order valence-electron chi connectivity index (χ1n) is 10.5. The average molecular weight is 569 g/mol. The van der Waals surface area contributed by atoms with E-state index in [0.717, 1.165) is 13.0 Å². The molecule has 0 unspecified atom stereocenters. The molecule has 1 aliphatic rings. The quantitative estimate of drug-likeness (QED) is 0.254. The molecular formula is C22H23BrClN5O6. The fraction of sp³-hybridized carbons (Fsp3) is 0.273. The van der Waals surface area contributed by atoms with Crippen LogP contribution in [0.4, 0.5) is 5.69 Å². The number of guanidine groups is 1. The number of carbonyl (C=O) groups is 3. The zero-order valence-corrected chi connectivity index (χ0v) is 20.6. The number of aliphatic carboxylic acids is 1. The molecule has 0 aromatic heterocycles. The van der Waals surface area contributed by atoms with Gasteiger partial charge >= 0.3 is 5.97 Å². The number of anilines is 1. The van der Waals surface area contributed by atoms with E-state index in [4.69, 9.17) is 11.6 Å². The fourth-order valence-corrected chi connectivity index (χ4v) is 4.17. The summed E-state index contributed by atoms with van der Waals surface area (Å²) in [5.41, 5.74) is 0.626. The van der Waals surface area contributed by atoms with Crippen molar-refractivity contribution in [3.63, 3.8) is 0 Å². The predicted molar refractivity (Wildman–Crippen MR) is 133 cm³/mol. The van der Waals surface area contributed by atoms with E-state index in [0.29, 0.717) is 18.2 Å². The molecule has 2 amide bonds. The number of phenols is 2. The molecule has 1 aliphatic heterocycles. The van der Waals surface area contributed by atoms with Gasteiger partial charge in [0.1, 0.15) is 11.5 Å². The van der Waals surface area contributed by atoms with Crippen LogP contribution in [0.2, 0.25) is 5.02 Å². The molecule has 0 saturated carbocycles. The van der Waals surface area contributed by atoms with Gasteiger partial charge in [-0.1, -0.05) is 11.6 Å². The van der Waals surface area contributed by atoms with E-state index in [1.807, 2.05) is 0 Å². The number of carboxylic acids is 1. The summed E-state index contributed by atoms with van der Waals surface area (Å²) in [5.74, 6) is -2.45. The molecule has 2 aromatic carbocycles. The maximum atomic E-state index is 12.6. The second-order valence-electron chi connectivity index (χ2n) is 7.63. The molecule has 11 nitrogen and oxygen atoms in total. The van der Waals surface area contributed by atoms with Gasteiger partial charge in [-0.2, -0.15) is 0 Å². The number of rotatable bonds is 8. The lowest BCUT2D eigenvalue weighted by atomic mass is 10.0. The second kappa shape index (κ2) is 11.8. The van der Waals surface area contributed by atoms with Crippen molar-refractivity contribution in [3.05, 3.63) is 51.0 Å². The number of carboxylic acid groups (broad SMARTS) is 1. The lowest BCUT2D eigenvalue weighted by Gasteiger charge is -2.20. The first-order chi connectivity index (χ1) is 16.6. The number of amides is 2. The predicted octanol–water partition coefficient (Wildman–Crippen LogP) is 2.34. The number of benzene rings is 2. The zero-order chi connectivity index (χ0) is 25.5. The Kier molecular flexibility index (Phi) is 8.77. The van der Waals surface area contributed by atoms with Gasteiger partial charge in [0, 0.05) is 41.0 Å². The molecule has 1 atom stereocenters. The van der Waals surface area contributed by atoms with Gasteiger partial charge in [-0.15, -0.1) is 0 Å². The van der Waals surface area contributed by atoms with Gasteiger partial charge in [0.15, 0.2) is 5.96 Å². The third-order valence-corrected chi connectivity index (χ3v) is 5.72.